The molecule has 2 aromatic carbocycles. The van der Waals surface area contributed by atoms with Crippen LogP contribution in [0.5, 0.6) is 0 Å². The predicted octanol–water partition coefficient (Wildman–Crippen LogP) is 4.49. The van der Waals surface area contributed by atoms with Crippen LogP contribution in [-0.4, -0.2) is 20.4 Å². The zero-order chi connectivity index (χ0) is 19.0. The molecule has 0 aliphatic heterocycles. The van der Waals surface area contributed by atoms with E-state index in [1.807, 2.05) is 37.4 Å². The third-order valence-electron chi connectivity index (χ3n) is 4.75. The molecule has 0 N–H and O–H groups in total. The van der Waals surface area contributed by atoms with Gasteiger partial charge in [0.2, 0.25) is 0 Å². The van der Waals surface area contributed by atoms with Gasteiger partial charge in [-0.1, -0.05) is 47.7 Å². The zero-order valence-corrected chi connectivity index (χ0v) is 16.3. The fourth-order valence-corrected chi connectivity index (χ4v) is 4.04. The highest BCUT2D eigenvalue weighted by Crippen LogP contribution is 2.33. The Hall–Kier alpha value is -2.99. The minimum atomic E-state index is -0.153. The largest absolute Gasteiger partial charge is 0.330 e. The minimum absolute atomic E-state index is 0.153. The number of carbonyl (C=O) groups excluding carboxylic acids is 1. The van der Waals surface area contributed by atoms with Crippen molar-refractivity contribution < 1.29 is 4.79 Å². The van der Waals surface area contributed by atoms with E-state index in [9.17, 15) is 4.79 Å². The first-order valence-electron chi connectivity index (χ1n) is 8.74. The number of aromatic nitrogens is 3. The Balaban J connectivity index is 1.81. The van der Waals surface area contributed by atoms with Gasteiger partial charge in [0.25, 0.3) is 5.91 Å². The zero-order valence-electron chi connectivity index (χ0n) is 15.5. The number of anilines is 1. The molecule has 0 unspecified atom stereocenters. The van der Waals surface area contributed by atoms with E-state index >= 15 is 0 Å². The van der Waals surface area contributed by atoms with Crippen molar-refractivity contribution in [3.8, 4) is 0 Å². The molecular formula is C21H20N4OS. The maximum atomic E-state index is 13.3. The van der Waals surface area contributed by atoms with Gasteiger partial charge in [0, 0.05) is 19.4 Å². The van der Waals surface area contributed by atoms with Crippen LogP contribution in [-0.2, 0) is 13.6 Å². The molecule has 0 saturated carbocycles. The quantitative estimate of drug-likeness (QED) is 0.527. The summed E-state index contributed by atoms with van der Waals surface area (Å²) in [6.07, 6.45) is 3.42. The Kier molecular flexibility index (Phi) is 4.49. The normalized spacial score (nSPS) is 11.1. The number of fused-ring (bicyclic) bond motifs is 1. The van der Waals surface area contributed by atoms with Gasteiger partial charge in [-0.05, 0) is 36.6 Å². The topological polar surface area (TPSA) is 51.0 Å². The van der Waals surface area contributed by atoms with Crippen molar-refractivity contribution in [1.82, 2.24) is 14.5 Å². The Labute approximate surface area is 161 Å². The average Bonchev–Trinajstić information content (AvgIpc) is 3.30. The van der Waals surface area contributed by atoms with Crippen LogP contribution in [0.15, 0.2) is 54.9 Å². The fraction of sp³-hybridized carbons (Fsp3) is 0.190. The lowest BCUT2D eigenvalue weighted by molar-refractivity contribution is 0.0972. The van der Waals surface area contributed by atoms with Crippen LogP contribution >= 0.6 is 11.3 Å². The van der Waals surface area contributed by atoms with Crippen molar-refractivity contribution in [2.75, 3.05) is 4.90 Å². The van der Waals surface area contributed by atoms with Crippen LogP contribution in [0.2, 0.25) is 0 Å². The van der Waals surface area contributed by atoms with Crippen molar-refractivity contribution in [3.05, 3.63) is 77.4 Å². The molecule has 4 aromatic rings. The van der Waals surface area contributed by atoms with E-state index < -0.39 is 0 Å². The molecule has 136 valence electrons. The predicted molar refractivity (Wildman–Crippen MR) is 109 cm³/mol. The number of hydrogen-bond acceptors (Lipinski definition) is 4. The molecule has 0 aliphatic carbocycles. The van der Waals surface area contributed by atoms with Crippen molar-refractivity contribution in [2.45, 2.75) is 20.4 Å². The summed E-state index contributed by atoms with van der Waals surface area (Å²) in [6, 6.07) is 14.1. The fourth-order valence-electron chi connectivity index (χ4n) is 3.01. The van der Waals surface area contributed by atoms with E-state index in [1.165, 1.54) is 16.9 Å². The lowest BCUT2D eigenvalue weighted by Crippen LogP contribution is -2.32. The molecule has 4 rings (SSSR count). The standard InChI is InChI=1S/C21H20N4OS/c1-14-9-10-17-18(15(14)2)23-21(27-17)25(13-16-7-5-4-6-8-16)20(26)19-22-11-12-24(19)3/h4-12H,13H2,1-3H3. The highest BCUT2D eigenvalue weighted by molar-refractivity contribution is 7.22. The molecule has 6 heteroatoms. The summed E-state index contributed by atoms with van der Waals surface area (Å²) >= 11 is 1.54. The number of thiazole rings is 1. The number of rotatable bonds is 4. The molecule has 0 spiro atoms. The molecule has 2 aromatic heterocycles. The summed E-state index contributed by atoms with van der Waals surface area (Å²) in [5.41, 5.74) is 4.36. The highest BCUT2D eigenvalue weighted by Gasteiger charge is 2.25. The second-order valence-corrected chi connectivity index (χ2v) is 7.60. The van der Waals surface area contributed by atoms with Gasteiger partial charge in [-0.2, -0.15) is 0 Å². The Morgan fingerprint density at radius 1 is 1.15 bits per heavy atom. The first kappa shape index (κ1) is 17.4. The summed E-state index contributed by atoms with van der Waals surface area (Å²) in [5.74, 6) is 0.248. The summed E-state index contributed by atoms with van der Waals surface area (Å²) in [4.78, 5) is 24.0. The van der Waals surface area contributed by atoms with Crippen molar-refractivity contribution in [2.24, 2.45) is 7.05 Å². The molecule has 5 nitrogen and oxygen atoms in total. The van der Waals surface area contributed by atoms with Gasteiger partial charge in [0.1, 0.15) is 0 Å². The molecule has 0 fully saturated rings. The highest BCUT2D eigenvalue weighted by atomic mass is 32.1. The molecule has 2 heterocycles. The van der Waals surface area contributed by atoms with E-state index in [4.69, 9.17) is 4.98 Å². The van der Waals surface area contributed by atoms with Crippen molar-refractivity contribution in [3.63, 3.8) is 0 Å². The van der Waals surface area contributed by atoms with Gasteiger partial charge in [0.15, 0.2) is 11.0 Å². The number of nitrogens with zero attached hydrogens (tertiary/aromatic N) is 4. The number of amides is 1. The van der Waals surface area contributed by atoms with Crippen molar-refractivity contribution in [1.29, 1.82) is 0 Å². The van der Waals surface area contributed by atoms with Gasteiger partial charge in [-0.15, -0.1) is 0 Å². The van der Waals surface area contributed by atoms with E-state index in [2.05, 4.69) is 31.0 Å². The Bertz CT molecular complexity index is 1110. The Morgan fingerprint density at radius 3 is 2.63 bits per heavy atom. The SMILES string of the molecule is Cc1ccc2sc(N(Cc3ccccc3)C(=O)c3nccn3C)nc2c1C. The maximum Gasteiger partial charge on any atom is 0.296 e. The smallest absolute Gasteiger partial charge is 0.296 e. The Morgan fingerprint density at radius 2 is 1.93 bits per heavy atom. The second kappa shape index (κ2) is 6.96. The summed E-state index contributed by atoms with van der Waals surface area (Å²) in [5, 5.41) is 0.690. The van der Waals surface area contributed by atoms with Gasteiger partial charge >= 0.3 is 0 Å². The van der Waals surface area contributed by atoms with E-state index in [1.54, 1.807) is 21.9 Å². The van der Waals surface area contributed by atoms with Crippen LogP contribution in [0.1, 0.15) is 27.3 Å². The van der Waals surface area contributed by atoms with E-state index in [0.29, 0.717) is 17.5 Å². The molecule has 0 bridgehead atoms. The molecule has 0 saturated heterocycles. The molecule has 0 aliphatic rings. The number of carbonyl (C=O) groups is 1. The second-order valence-electron chi connectivity index (χ2n) is 6.59. The third kappa shape index (κ3) is 3.24. The summed E-state index contributed by atoms with van der Waals surface area (Å²) < 4.78 is 2.82. The van der Waals surface area contributed by atoms with Crippen LogP contribution < -0.4 is 4.90 Å². The summed E-state index contributed by atoms with van der Waals surface area (Å²) in [7, 11) is 1.83. The van der Waals surface area contributed by atoms with Crippen LogP contribution in [0.25, 0.3) is 10.2 Å². The molecule has 0 radical (unpaired) electrons. The average molecular weight is 376 g/mol. The molecule has 27 heavy (non-hydrogen) atoms. The van der Waals surface area contributed by atoms with Crippen LogP contribution in [0.3, 0.4) is 0 Å². The van der Waals surface area contributed by atoms with Gasteiger partial charge in [-0.3, -0.25) is 9.69 Å². The lowest BCUT2D eigenvalue weighted by atomic mass is 10.1. The van der Waals surface area contributed by atoms with E-state index in [-0.39, 0.29) is 5.91 Å². The van der Waals surface area contributed by atoms with Crippen LogP contribution in [0.4, 0.5) is 5.13 Å². The van der Waals surface area contributed by atoms with Gasteiger partial charge in [0.05, 0.1) is 16.8 Å². The number of benzene rings is 2. The first-order valence-corrected chi connectivity index (χ1v) is 9.56. The van der Waals surface area contributed by atoms with Gasteiger partial charge in [-0.25, -0.2) is 9.97 Å². The lowest BCUT2D eigenvalue weighted by Gasteiger charge is -2.19. The minimum Gasteiger partial charge on any atom is -0.330 e. The first-order chi connectivity index (χ1) is 13.0. The number of imidazole rings is 1. The monoisotopic (exact) mass is 376 g/mol. The third-order valence-corrected chi connectivity index (χ3v) is 5.79. The summed E-state index contributed by atoms with van der Waals surface area (Å²) in [6.45, 7) is 4.60. The molecule has 1 amide bonds. The maximum absolute atomic E-state index is 13.3. The number of aryl methyl sites for hydroxylation is 3. The van der Waals surface area contributed by atoms with Gasteiger partial charge < -0.3 is 4.57 Å². The molecular weight excluding hydrogens is 356 g/mol. The molecule has 0 atom stereocenters. The van der Waals surface area contributed by atoms with Crippen LogP contribution in [0, 0.1) is 13.8 Å². The van der Waals surface area contributed by atoms with Crippen molar-refractivity contribution >= 4 is 32.6 Å². The number of hydrogen-bond donors (Lipinski definition) is 0. The van der Waals surface area contributed by atoms with E-state index in [0.717, 1.165) is 21.3 Å².